The van der Waals surface area contributed by atoms with Gasteiger partial charge in [0.15, 0.2) is 0 Å². The molecule has 1 N–H and O–H groups in total. The molecule has 9 nitrogen and oxygen atoms in total. The molecule has 5 fully saturated rings. The number of nitrogens with zero attached hydrogens (tertiary/aromatic N) is 7. The van der Waals surface area contributed by atoms with Crippen molar-refractivity contribution in [3.8, 4) is 17.0 Å². The van der Waals surface area contributed by atoms with Gasteiger partial charge in [0, 0.05) is 85.6 Å². The Kier molecular flexibility index (Phi) is 5.93. The summed E-state index contributed by atoms with van der Waals surface area (Å²) in [5.41, 5.74) is 6.08. The number of fused-ring (bicyclic) bond motifs is 3. The first-order chi connectivity index (χ1) is 22.2. The quantitative estimate of drug-likeness (QED) is 0.322. The van der Waals surface area contributed by atoms with Crippen molar-refractivity contribution in [3.63, 3.8) is 0 Å². The summed E-state index contributed by atoms with van der Waals surface area (Å²) in [5, 5.41) is 9.46. The van der Waals surface area contributed by atoms with E-state index in [0.29, 0.717) is 12.1 Å². The highest BCUT2D eigenvalue weighted by molar-refractivity contribution is 5.95. The molecular formula is C36H42N8O. The molecule has 0 amide bonds. The number of anilines is 2. The maximum Gasteiger partial charge on any atom is 0.245 e. The van der Waals surface area contributed by atoms with Gasteiger partial charge in [-0.3, -0.25) is 9.80 Å². The number of hydrogen-bond acceptors (Lipinski definition) is 8. The second-order valence-electron chi connectivity index (χ2n) is 14.5. The number of para-hydroxylation sites is 1. The average Bonchev–Trinajstić information content (AvgIpc) is 3.83. The number of ether oxygens (including phenoxy) is 1. The number of piperidine rings is 1. The summed E-state index contributed by atoms with van der Waals surface area (Å²) in [7, 11) is 1.78. The minimum Gasteiger partial charge on any atom is -0.495 e. The molecule has 7 aliphatic rings. The van der Waals surface area contributed by atoms with Crippen molar-refractivity contribution in [2.24, 2.45) is 11.3 Å². The third-order valence-electron chi connectivity index (χ3n) is 11.8. The molecule has 2 aromatic heterocycles. The predicted molar refractivity (Wildman–Crippen MR) is 176 cm³/mol. The molecule has 45 heavy (non-hydrogen) atoms. The molecular weight excluding hydrogens is 560 g/mol. The van der Waals surface area contributed by atoms with Gasteiger partial charge in [0.2, 0.25) is 5.95 Å². The summed E-state index contributed by atoms with van der Waals surface area (Å²) in [6.45, 7) is 9.58. The van der Waals surface area contributed by atoms with Crippen molar-refractivity contribution in [2.45, 2.75) is 43.8 Å². The van der Waals surface area contributed by atoms with Crippen LogP contribution in [0.5, 0.6) is 5.75 Å². The van der Waals surface area contributed by atoms with Crippen LogP contribution in [0.3, 0.4) is 0 Å². The Bertz CT molecular complexity index is 1760. The van der Waals surface area contributed by atoms with Crippen LogP contribution in [-0.4, -0.2) is 94.9 Å². The van der Waals surface area contributed by atoms with E-state index in [2.05, 4.69) is 84.4 Å². The normalized spacial score (nSPS) is 25.2. The largest absolute Gasteiger partial charge is 0.495 e. The van der Waals surface area contributed by atoms with Crippen LogP contribution in [0.15, 0.2) is 60.9 Å². The van der Waals surface area contributed by atoms with E-state index in [4.69, 9.17) is 14.7 Å². The van der Waals surface area contributed by atoms with Gasteiger partial charge in [-0.05, 0) is 74.5 Å². The zero-order chi connectivity index (χ0) is 29.7. The fraction of sp³-hybridized carbons (Fsp3) is 0.500. The molecule has 1 atom stereocenters. The monoisotopic (exact) mass is 602 g/mol. The van der Waals surface area contributed by atoms with Crippen LogP contribution in [-0.2, 0) is 0 Å². The lowest BCUT2D eigenvalue weighted by atomic mass is 9.64. The first-order valence-corrected chi connectivity index (χ1v) is 17.0. The Hall–Kier alpha value is -3.50. The summed E-state index contributed by atoms with van der Waals surface area (Å²) in [6.07, 6.45) is 9.21. The molecule has 4 saturated heterocycles. The second-order valence-corrected chi connectivity index (χ2v) is 14.5. The van der Waals surface area contributed by atoms with Crippen LogP contribution in [0.1, 0.15) is 43.3 Å². The Labute approximate surface area is 264 Å². The molecule has 0 radical (unpaired) electrons. The standard InChI is InChI=1S/C36H42N8O/c1-45-33-16-25-6-9-32(33)44(35-38-13-10-30(39-35)29-22-42(26-7-8-26)31-5-3-2-4-28(29)31)43-23-36(34(25)43)11-14-41(15-12-36)27-20-40(21-27)19-24-17-37-18-24/h2-6,9-10,13,16,22,24,26-27,34,37H,7-8,11-12,14-15,17-21,23H2,1H3. The van der Waals surface area contributed by atoms with Gasteiger partial charge < -0.3 is 14.6 Å². The topological polar surface area (TPSA) is 64.9 Å². The Balaban J connectivity index is 0.931. The van der Waals surface area contributed by atoms with Crippen molar-refractivity contribution in [1.82, 2.24) is 34.7 Å². The molecule has 4 aromatic rings. The first kappa shape index (κ1) is 26.7. The lowest BCUT2D eigenvalue weighted by molar-refractivity contribution is -0.124. The van der Waals surface area contributed by atoms with Crippen molar-refractivity contribution < 1.29 is 4.74 Å². The number of methoxy groups -OCH3 is 1. The third-order valence-corrected chi connectivity index (χ3v) is 11.8. The van der Waals surface area contributed by atoms with Crippen molar-refractivity contribution >= 4 is 22.5 Å². The molecule has 2 bridgehead atoms. The van der Waals surface area contributed by atoms with E-state index in [0.717, 1.165) is 41.6 Å². The highest BCUT2D eigenvalue weighted by atomic mass is 16.5. The van der Waals surface area contributed by atoms with Gasteiger partial charge in [-0.2, -0.15) is 0 Å². The smallest absolute Gasteiger partial charge is 0.245 e. The van der Waals surface area contributed by atoms with E-state index in [1.165, 1.54) is 93.5 Å². The highest BCUT2D eigenvalue weighted by Crippen LogP contribution is 2.60. The summed E-state index contributed by atoms with van der Waals surface area (Å²) in [5.74, 6) is 2.48. The molecule has 6 aliphatic heterocycles. The number of likely N-dealkylation sites (tertiary alicyclic amines) is 2. The molecule has 1 spiro atoms. The summed E-state index contributed by atoms with van der Waals surface area (Å²) >= 11 is 0. The van der Waals surface area contributed by atoms with Crippen molar-refractivity contribution in [3.05, 3.63) is 66.5 Å². The van der Waals surface area contributed by atoms with E-state index in [-0.39, 0.29) is 5.41 Å². The minimum absolute atomic E-state index is 0.264. The molecule has 2 aromatic carbocycles. The van der Waals surface area contributed by atoms with Gasteiger partial charge in [-0.1, -0.05) is 24.3 Å². The Morgan fingerprint density at radius 2 is 1.84 bits per heavy atom. The highest BCUT2D eigenvalue weighted by Gasteiger charge is 2.58. The zero-order valence-corrected chi connectivity index (χ0v) is 26.1. The molecule has 1 unspecified atom stereocenters. The first-order valence-electron chi connectivity index (χ1n) is 17.0. The van der Waals surface area contributed by atoms with Crippen LogP contribution >= 0.6 is 0 Å². The Morgan fingerprint density at radius 3 is 2.62 bits per heavy atom. The number of aromatic nitrogens is 3. The van der Waals surface area contributed by atoms with Crippen LogP contribution in [0.2, 0.25) is 0 Å². The van der Waals surface area contributed by atoms with Gasteiger partial charge in [0.05, 0.1) is 18.8 Å². The van der Waals surface area contributed by atoms with E-state index in [1.54, 1.807) is 7.11 Å². The van der Waals surface area contributed by atoms with Crippen LogP contribution in [0.4, 0.5) is 11.6 Å². The van der Waals surface area contributed by atoms with E-state index in [9.17, 15) is 0 Å². The maximum atomic E-state index is 5.99. The van der Waals surface area contributed by atoms with Gasteiger partial charge in [-0.25, -0.2) is 20.0 Å². The van der Waals surface area contributed by atoms with Gasteiger partial charge in [0.1, 0.15) is 11.4 Å². The lowest BCUT2D eigenvalue weighted by Crippen LogP contribution is -2.68. The fourth-order valence-electron chi connectivity index (χ4n) is 9.01. The van der Waals surface area contributed by atoms with Gasteiger partial charge in [0.25, 0.3) is 0 Å². The number of nitrogens with one attached hydrogen (secondary N) is 1. The van der Waals surface area contributed by atoms with Gasteiger partial charge >= 0.3 is 0 Å². The number of hydrogen-bond donors (Lipinski definition) is 1. The van der Waals surface area contributed by atoms with Crippen molar-refractivity contribution in [2.75, 3.05) is 64.5 Å². The van der Waals surface area contributed by atoms with E-state index < -0.39 is 0 Å². The molecule has 232 valence electrons. The number of hydrazine groups is 1. The molecule has 11 rings (SSSR count). The Morgan fingerprint density at radius 1 is 1.00 bits per heavy atom. The van der Waals surface area contributed by atoms with E-state index in [1.807, 2.05) is 6.20 Å². The van der Waals surface area contributed by atoms with Crippen molar-refractivity contribution in [1.29, 1.82) is 0 Å². The predicted octanol–water partition coefficient (Wildman–Crippen LogP) is 4.85. The van der Waals surface area contributed by atoms with Crippen LogP contribution in [0, 0.1) is 11.3 Å². The lowest BCUT2D eigenvalue weighted by Gasteiger charge is -2.62. The van der Waals surface area contributed by atoms with Crippen LogP contribution < -0.4 is 15.1 Å². The zero-order valence-electron chi connectivity index (χ0n) is 26.1. The molecule has 9 heteroatoms. The fourth-order valence-corrected chi connectivity index (χ4v) is 9.01. The van der Waals surface area contributed by atoms with Crippen LogP contribution in [0.25, 0.3) is 22.2 Å². The third kappa shape index (κ3) is 4.13. The minimum atomic E-state index is 0.264. The number of benzene rings is 2. The summed E-state index contributed by atoms with van der Waals surface area (Å²) in [4.78, 5) is 15.6. The summed E-state index contributed by atoms with van der Waals surface area (Å²) < 4.78 is 8.45. The number of rotatable bonds is 7. The second kappa shape index (κ2) is 10.00. The SMILES string of the molecule is COc1cc2ccc1N(c1nccc(-c3cn(C4CC4)c4ccccc34)n1)N1CC3(CCN(C4CN(CC5CNC5)C4)CC3)C21. The molecule has 8 heterocycles. The average molecular weight is 603 g/mol. The summed E-state index contributed by atoms with van der Waals surface area (Å²) in [6, 6.07) is 19.3. The van der Waals surface area contributed by atoms with E-state index >= 15 is 0 Å². The van der Waals surface area contributed by atoms with Gasteiger partial charge in [-0.15, -0.1) is 0 Å². The molecule has 1 aliphatic carbocycles. The molecule has 1 saturated carbocycles. The maximum absolute atomic E-state index is 5.99.